The molecule has 68 valence electrons. The molecule has 0 saturated heterocycles. The van der Waals surface area contributed by atoms with Crippen molar-refractivity contribution in [3.05, 3.63) is 24.8 Å². The second kappa shape index (κ2) is 4.27. The first-order chi connectivity index (χ1) is 5.70. The van der Waals surface area contributed by atoms with Gasteiger partial charge in [-0.1, -0.05) is 41.1 Å². The molecular formula is C11H17Br. The molecule has 0 bridgehead atoms. The molecule has 0 N–H and O–H groups in total. The van der Waals surface area contributed by atoms with Crippen molar-refractivity contribution in [3.8, 4) is 0 Å². The van der Waals surface area contributed by atoms with Crippen molar-refractivity contribution in [1.82, 2.24) is 0 Å². The molecule has 0 fully saturated rings. The predicted octanol–water partition coefficient (Wildman–Crippen LogP) is 3.93. The molecule has 0 aliphatic heterocycles. The number of hydrogen-bond acceptors (Lipinski definition) is 0. The lowest BCUT2D eigenvalue weighted by atomic mass is 9.82. The summed E-state index contributed by atoms with van der Waals surface area (Å²) in [5.41, 5.74) is 0.288. The fourth-order valence-corrected chi connectivity index (χ4v) is 2.15. The van der Waals surface area contributed by atoms with Crippen LogP contribution in [0.1, 0.15) is 26.2 Å². The van der Waals surface area contributed by atoms with Crippen molar-refractivity contribution in [2.45, 2.75) is 26.2 Å². The zero-order valence-corrected chi connectivity index (χ0v) is 9.31. The SMILES string of the molecule is C=CC(C)(CBr)CC1CC=CC1. The Kier molecular flexibility index (Phi) is 3.57. The fourth-order valence-electron chi connectivity index (χ4n) is 1.69. The third-order valence-electron chi connectivity index (χ3n) is 2.66. The summed E-state index contributed by atoms with van der Waals surface area (Å²) < 4.78 is 0. The first-order valence-electron chi connectivity index (χ1n) is 4.55. The van der Waals surface area contributed by atoms with Crippen LogP contribution in [-0.4, -0.2) is 5.33 Å². The molecule has 0 aromatic rings. The molecule has 0 aromatic carbocycles. The van der Waals surface area contributed by atoms with Crippen molar-refractivity contribution < 1.29 is 0 Å². The second-order valence-electron chi connectivity index (χ2n) is 4.00. The summed E-state index contributed by atoms with van der Waals surface area (Å²) in [7, 11) is 0. The molecule has 0 radical (unpaired) electrons. The quantitative estimate of drug-likeness (QED) is 0.506. The van der Waals surface area contributed by atoms with E-state index < -0.39 is 0 Å². The van der Waals surface area contributed by atoms with Crippen LogP contribution in [0, 0.1) is 11.3 Å². The van der Waals surface area contributed by atoms with Gasteiger partial charge in [-0.25, -0.2) is 0 Å². The van der Waals surface area contributed by atoms with Crippen molar-refractivity contribution in [2.75, 3.05) is 5.33 Å². The molecule has 1 aliphatic carbocycles. The maximum absolute atomic E-state index is 3.90. The van der Waals surface area contributed by atoms with Gasteiger partial charge in [0.15, 0.2) is 0 Å². The van der Waals surface area contributed by atoms with Crippen molar-refractivity contribution in [3.63, 3.8) is 0 Å². The predicted molar refractivity (Wildman–Crippen MR) is 58.6 cm³/mol. The molecule has 0 amide bonds. The van der Waals surface area contributed by atoms with E-state index in [0.717, 1.165) is 11.2 Å². The number of halogens is 1. The van der Waals surface area contributed by atoms with Crippen molar-refractivity contribution in [1.29, 1.82) is 0 Å². The van der Waals surface area contributed by atoms with Crippen LogP contribution in [0.4, 0.5) is 0 Å². The minimum atomic E-state index is 0.288. The van der Waals surface area contributed by atoms with Crippen LogP contribution in [0.2, 0.25) is 0 Å². The van der Waals surface area contributed by atoms with Crippen LogP contribution in [0.15, 0.2) is 24.8 Å². The summed E-state index contributed by atoms with van der Waals surface area (Å²) in [4.78, 5) is 0. The summed E-state index contributed by atoms with van der Waals surface area (Å²) in [5, 5.41) is 1.03. The van der Waals surface area contributed by atoms with Gasteiger partial charge in [0, 0.05) is 5.33 Å². The largest absolute Gasteiger partial charge is 0.103 e. The van der Waals surface area contributed by atoms with Gasteiger partial charge in [-0.15, -0.1) is 6.58 Å². The molecule has 0 nitrogen and oxygen atoms in total. The monoisotopic (exact) mass is 228 g/mol. The van der Waals surface area contributed by atoms with E-state index >= 15 is 0 Å². The molecule has 1 heteroatoms. The Bertz CT molecular complexity index is 175. The second-order valence-corrected chi connectivity index (χ2v) is 4.57. The van der Waals surface area contributed by atoms with E-state index in [1.165, 1.54) is 19.3 Å². The van der Waals surface area contributed by atoms with Crippen LogP contribution in [0.3, 0.4) is 0 Å². The van der Waals surface area contributed by atoms with E-state index in [1.807, 2.05) is 0 Å². The topological polar surface area (TPSA) is 0 Å². The molecule has 0 saturated carbocycles. The van der Waals surface area contributed by atoms with E-state index in [-0.39, 0.29) is 5.41 Å². The Morgan fingerprint density at radius 2 is 2.17 bits per heavy atom. The van der Waals surface area contributed by atoms with Gasteiger partial charge >= 0.3 is 0 Å². The molecule has 12 heavy (non-hydrogen) atoms. The van der Waals surface area contributed by atoms with Gasteiger partial charge < -0.3 is 0 Å². The van der Waals surface area contributed by atoms with Crippen LogP contribution in [0.5, 0.6) is 0 Å². The molecule has 1 unspecified atom stereocenters. The molecule has 1 aliphatic rings. The minimum absolute atomic E-state index is 0.288. The Morgan fingerprint density at radius 1 is 1.58 bits per heavy atom. The fraction of sp³-hybridized carbons (Fsp3) is 0.636. The van der Waals surface area contributed by atoms with Gasteiger partial charge in [0.05, 0.1) is 0 Å². The van der Waals surface area contributed by atoms with Crippen LogP contribution in [0.25, 0.3) is 0 Å². The average molecular weight is 229 g/mol. The molecule has 1 atom stereocenters. The highest BCUT2D eigenvalue weighted by Crippen LogP contribution is 2.34. The molecule has 0 heterocycles. The van der Waals surface area contributed by atoms with Crippen LogP contribution < -0.4 is 0 Å². The number of alkyl halides is 1. The zero-order chi connectivity index (χ0) is 9.03. The zero-order valence-electron chi connectivity index (χ0n) is 7.72. The van der Waals surface area contributed by atoms with Gasteiger partial charge in [-0.2, -0.15) is 0 Å². The Labute approximate surface area is 83.9 Å². The van der Waals surface area contributed by atoms with E-state index in [4.69, 9.17) is 0 Å². The molecule has 1 rings (SSSR count). The Balaban J connectivity index is 2.42. The van der Waals surface area contributed by atoms with Gasteiger partial charge in [0.25, 0.3) is 0 Å². The van der Waals surface area contributed by atoms with Gasteiger partial charge in [-0.05, 0) is 30.6 Å². The molecule has 0 spiro atoms. The maximum atomic E-state index is 3.90. The van der Waals surface area contributed by atoms with Crippen molar-refractivity contribution in [2.24, 2.45) is 11.3 Å². The lowest BCUT2D eigenvalue weighted by molar-refractivity contribution is 0.352. The lowest BCUT2D eigenvalue weighted by Crippen LogP contribution is -2.18. The van der Waals surface area contributed by atoms with E-state index in [0.29, 0.717) is 0 Å². The summed E-state index contributed by atoms with van der Waals surface area (Å²) in [6, 6.07) is 0. The van der Waals surface area contributed by atoms with Crippen LogP contribution in [-0.2, 0) is 0 Å². The van der Waals surface area contributed by atoms with Crippen LogP contribution >= 0.6 is 15.9 Å². The normalized spacial score (nSPS) is 22.5. The van der Waals surface area contributed by atoms with Crippen molar-refractivity contribution >= 4 is 15.9 Å². The maximum Gasteiger partial charge on any atom is 0.0120 e. The van der Waals surface area contributed by atoms with Gasteiger partial charge in [0.2, 0.25) is 0 Å². The summed E-state index contributed by atoms with van der Waals surface area (Å²) in [6.45, 7) is 6.17. The average Bonchev–Trinajstić information content (AvgIpc) is 2.57. The Hall–Kier alpha value is -0.0400. The number of allylic oxidation sites excluding steroid dienone is 3. The standard InChI is InChI=1S/C11H17Br/c1-3-11(2,9-12)8-10-6-4-5-7-10/h3-5,10H,1,6-9H2,2H3. The smallest absolute Gasteiger partial charge is 0.0120 e. The van der Waals surface area contributed by atoms with E-state index in [2.05, 4.69) is 47.7 Å². The highest BCUT2D eigenvalue weighted by molar-refractivity contribution is 9.09. The lowest BCUT2D eigenvalue weighted by Gasteiger charge is -2.26. The Morgan fingerprint density at radius 3 is 2.58 bits per heavy atom. The van der Waals surface area contributed by atoms with E-state index in [1.54, 1.807) is 0 Å². The first kappa shape index (κ1) is 10.0. The van der Waals surface area contributed by atoms with E-state index in [9.17, 15) is 0 Å². The van der Waals surface area contributed by atoms with Gasteiger partial charge in [0.1, 0.15) is 0 Å². The number of hydrogen-bond donors (Lipinski definition) is 0. The highest BCUT2D eigenvalue weighted by atomic mass is 79.9. The summed E-state index contributed by atoms with van der Waals surface area (Å²) in [5.74, 6) is 0.852. The summed E-state index contributed by atoms with van der Waals surface area (Å²) in [6.07, 6.45) is 10.5. The minimum Gasteiger partial charge on any atom is -0.103 e. The molecule has 0 aromatic heterocycles. The number of rotatable bonds is 4. The van der Waals surface area contributed by atoms with Gasteiger partial charge in [-0.3, -0.25) is 0 Å². The highest BCUT2D eigenvalue weighted by Gasteiger charge is 2.24. The molecular weight excluding hydrogens is 212 g/mol. The third kappa shape index (κ3) is 2.48. The first-order valence-corrected chi connectivity index (χ1v) is 5.67. The summed E-state index contributed by atoms with van der Waals surface area (Å²) >= 11 is 3.55. The third-order valence-corrected chi connectivity index (χ3v) is 3.94.